The lowest BCUT2D eigenvalue weighted by molar-refractivity contribution is 0.0534. The minimum atomic E-state index is -0.140. The normalized spacial score (nSPS) is 16.5. The van der Waals surface area contributed by atoms with Crippen LogP contribution < -0.4 is 9.47 Å². The van der Waals surface area contributed by atoms with E-state index in [4.69, 9.17) is 25.5 Å². The van der Waals surface area contributed by atoms with Gasteiger partial charge in [0.15, 0.2) is 11.5 Å². The molecular weight excluding hydrogens is 360 g/mol. The Morgan fingerprint density at radius 2 is 1.58 bits per heavy atom. The molecule has 2 amide bonds. The molecule has 1 saturated heterocycles. The summed E-state index contributed by atoms with van der Waals surface area (Å²) in [6.45, 7) is 2.70. The third-order valence-electron chi connectivity index (χ3n) is 4.47. The summed E-state index contributed by atoms with van der Waals surface area (Å²) in [6, 6.07) is 4.89. The maximum Gasteiger partial charge on any atom is 0.257 e. The van der Waals surface area contributed by atoms with Crippen molar-refractivity contribution >= 4 is 23.4 Å². The number of amides is 2. The van der Waals surface area contributed by atoms with Crippen LogP contribution in [0.2, 0.25) is 5.02 Å². The van der Waals surface area contributed by atoms with E-state index >= 15 is 0 Å². The molecule has 1 fully saturated rings. The summed E-state index contributed by atoms with van der Waals surface area (Å²) in [7, 11) is 0. The second-order valence-electron chi connectivity index (χ2n) is 6.08. The highest BCUT2D eigenvalue weighted by molar-refractivity contribution is 6.32. The Morgan fingerprint density at radius 3 is 2.23 bits per heavy atom. The molecule has 0 spiro atoms. The van der Waals surface area contributed by atoms with Crippen molar-refractivity contribution in [1.29, 1.82) is 0 Å². The van der Waals surface area contributed by atoms with E-state index in [2.05, 4.69) is 0 Å². The number of ether oxygens (including phenoxy) is 2. The van der Waals surface area contributed by atoms with Crippen LogP contribution in [-0.2, 0) is 0 Å². The number of carbonyl (C=O) groups is 2. The molecule has 0 radical (unpaired) electrons. The largest absolute Gasteiger partial charge is 0.486 e. The molecule has 0 unspecified atom stereocenters. The number of halogens is 1. The number of hydrogen-bond acceptors (Lipinski definition) is 5. The van der Waals surface area contributed by atoms with Gasteiger partial charge in [-0.25, -0.2) is 0 Å². The third-order valence-corrected chi connectivity index (χ3v) is 4.75. The SMILES string of the molecule is O=C(c1ccoc1)N1CCN(C(=O)c2cc(Cl)c3c(c2)OCCO3)CC1. The molecule has 8 heteroatoms. The number of hydrogen-bond donors (Lipinski definition) is 0. The molecule has 2 aliphatic heterocycles. The molecule has 136 valence electrons. The van der Waals surface area contributed by atoms with E-state index < -0.39 is 0 Å². The summed E-state index contributed by atoms with van der Waals surface area (Å²) < 4.78 is 16.0. The topological polar surface area (TPSA) is 72.2 Å². The maximum absolute atomic E-state index is 12.8. The van der Waals surface area contributed by atoms with Gasteiger partial charge in [-0.3, -0.25) is 9.59 Å². The van der Waals surface area contributed by atoms with Gasteiger partial charge >= 0.3 is 0 Å². The lowest BCUT2D eigenvalue weighted by atomic mass is 10.1. The van der Waals surface area contributed by atoms with Crippen molar-refractivity contribution in [3.8, 4) is 11.5 Å². The number of rotatable bonds is 2. The monoisotopic (exact) mass is 376 g/mol. The van der Waals surface area contributed by atoms with Gasteiger partial charge in [0.05, 0.1) is 16.8 Å². The lowest BCUT2D eigenvalue weighted by Gasteiger charge is -2.34. The predicted octanol–water partition coefficient (Wildman–Crippen LogP) is 2.30. The van der Waals surface area contributed by atoms with Crippen LogP contribution in [0.3, 0.4) is 0 Å². The van der Waals surface area contributed by atoms with Crippen LogP contribution >= 0.6 is 11.6 Å². The van der Waals surface area contributed by atoms with Crippen molar-refractivity contribution in [3.63, 3.8) is 0 Å². The van der Waals surface area contributed by atoms with Crippen molar-refractivity contribution in [1.82, 2.24) is 9.80 Å². The Hall–Kier alpha value is -2.67. The van der Waals surface area contributed by atoms with Crippen molar-refractivity contribution in [3.05, 3.63) is 46.9 Å². The van der Waals surface area contributed by atoms with E-state index in [9.17, 15) is 9.59 Å². The number of nitrogens with zero attached hydrogens (tertiary/aromatic N) is 2. The van der Waals surface area contributed by atoms with E-state index in [1.807, 2.05) is 0 Å². The Balaban J connectivity index is 1.44. The Morgan fingerprint density at radius 1 is 0.923 bits per heavy atom. The Labute approximate surface area is 155 Å². The number of piperazine rings is 1. The first kappa shape index (κ1) is 16.8. The molecule has 0 bridgehead atoms. The minimum absolute atomic E-state index is 0.0896. The second-order valence-corrected chi connectivity index (χ2v) is 6.49. The van der Waals surface area contributed by atoms with Crippen LogP contribution in [-0.4, -0.2) is 61.0 Å². The van der Waals surface area contributed by atoms with Crippen LogP contribution in [0.25, 0.3) is 0 Å². The number of fused-ring (bicyclic) bond motifs is 1. The van der Waals surface area contributed by atoms with Crippen LogP contribution in [0, 0.1) is 0 Å². The summed E-state index contributed by atoms with van der Waals surface area (Å²) in [4.78, 5) is 28.5. The van der Waals surface area contributed by atoms with Crippen LogP contribution in [0.5, 0.6) is 11.5 Å². The van der Waals surface area contributed by atoms with Crippen molar-refractivity contribution in [2.24, 2.45) is 0 Å². The highest BCUT2D eigenvalue weighted by Crippen LogP contribution is 2.38. The smallest absolute Gasteiger partial charge is 0.257 e. The molecular formula is C18H17ClN2O5. The van der Waals surface area contributed by atoms with Gasteiger partial charge in [0.25, 0.3) is 11.8 Å². The summed E-state index contributed by atoms with van der Waals surface area (Å²) >= 11 is 6.21. The van der Waals surface area contributed by atoms with Crippen molar-refractivity contribution in [2.45, 2.75) is 0 Å². The van der Waals surface area contributed by atoms with Gasteiger partial charge in [-0.1, -0.05) is 11.6 Å². The molecule has 1 aromatic heterocycles. The molecule has 1 aromatic carbocycles. The second kappa shape index (κ2) is 6.92. The molecule has 4 rings (SSSR count). The number of carbonyl (C=O) groups excluding carboxylic acids is 2. The fourth-order valence-corrected chi connectivity index (χ4v) is 3.36. The molecule has 0 saturated carbocycles. The zero-order valence-corrected chi connectivity index (χ0v) is 14.7. The van der Waals surface area contributed by atoms with Gasteiger partial charge in [-0.2, -0.15) is 0 Å². The summed E-state index contributed by atoms with van der Waals surface area (Å²) in [5, 5.41) is 0.360. The summed E-state index contributed by atoms with van der Waals surface area (Å²) in [5.74, 6) is 0.735. The third kappa shape index (κ3) is 3.10. The Kier molecular flexibility index (Phi) is 4.46. The average Bonchev–Trinajstić information content (AvgIpc) is 3.22. The molecule has 3 heterocycles. The van der Waals surface area contributed by atoms with Gasteiger partial charge in [0.1, 0.15) is 19.5 Å². The molecule has 0 aliphatic carbocycles. The maximum atomic E-state index is 12.8. The molecule has 2 aromatic rings. The minimum Gasteiger partial charge on any atom is -0.486 e. The van der Waals surface area contributed by atoms with Crippen molar-refractivity contribution in [2.75, 3.05) is 39.4 Å². The summed E-state index contributed by atoms with van der Waals surface area (Å²) in [5.41, 5.74) is 0.970. The number of benzene rings is 1. The average molecular weight is 377 g/mol. The van der Waals surface area contributed by atoms with E-state index in [1.165, 1.54) is 12.5 Å². The Bertz CT molecular complexity index is 828. The van der Waals surface area contributed by atoms with Gasteiger partial charge in [0, 0.05) is 31.7 Å². The molecule has 26 heavy (non-hydrogen) atoms. The van der Waals surface area contributed by atoms with E-state index in [0.717, 1.165) is 0 Å². The first-order chi connectivity index (χ1) is 12.6. The fourth-order valence-electron chi connectivity index (χ4n) is 3.10. The van der Waals surface area contributed by atoms with Gasteiger partial charge in [-0.05, 0) is 18.2 Å². The molecule has 2 aliphatic rings. The lowest BCUT2D eigenvalue weighted by Crippen LogP contribution is -2.50. The first-order valence-electron chi connectivity index (χ1n) is 8.33. The molecule has 0 N–H and O–H groups in total. The van der Waals surface area contributed by atoms with E-state index in [-0.39, 0.29) is 11.8 Å². The molecule has 0 atom stereocenters. The van der Waals surface area contributed by atoms with Crippen LogP contribution in [0.15, 0.2) is 35.1 Å². The van der Waals surface area contributed by atoms with Gasteiger partial charge < -0.3 is 23.7 Å². The van der Waals surface area contributed by atoms with E-state index in [0.29, 0.717) is 67.0 Å². The molecule has 7 nitrogen and oxygen atoms in total. The van der Waals surface area contributed by atoms with Crippen LogP contribution in [0.1, 0.15) is 20.7 Å². The number of furan rings is 1. The van der Waals surface area contributed by atoms with E-state index in [1.54, 1.807) is 28.0 Å². The van der Waals surface area contributed by atoms with Crippen molar-refractivity contribution < 1.29 is 23.5 Å². The van der Waals surface area contributed by atoms with Gasteiger partial charge in [0.2, 0.25) is 0 Å². The first-order valence-corrected chi connectivity index (χ1v) is 8.71. The highest BCUT2D eigenvalue weighted by atomic mass is 35.5. The van der Waals surface area contributed by atoms with Gasteiger partial charge in [-0.15, -0.1) is 0 Å². The highest BCUT2D eigenvalue weighted by Gasteiger charge is 2.27. The zero-order chi connectivity index (χ0) is 18.1. The predicted molar refractivity (Wildman–Crippen MR) is 93.0 cm³/mol. The van der Waals surface area contributed by atoms with Crippen LogP contribution in [0.4, 0.5) is 0 Å². The summed E-state index contributed by atoms with van der Waals surface area (Å²) in [6.07, 6.45) is 2.90. The quantitative estimate of drug-likeness (QED) is 0.804. The standard InChI is InChI=1S/C18H17ClN2O5/c19-14-9-13(10-15-16(14)26-8-7-25-15)18(23)21-4-2-20(3-5-21)17(22)12-1-6-24-11-12/h1,6,9-11H,2-5,7-8H2. The zero-order valence-electron chi connectivity index (χ0n) is 13.9. The fraction of sp³-hybridized carbons (Fsp3) is 0.333.